The average molecular weight is 236 g/mol. The molecule has 1 fully saturated rings. The van der Waals surface area contributed by atoms with E-state index in [1.54, 1.807) is 31.5 Å². The lowest BCUT2D eigenvalue weighted by molar-refractivity contribution is -0.135. The number of carbonyl (C=O) groups excluding carboxylic acids is 1. The van der Waals surface area contributed by atoms with Crippen LogP contribution in [0.2, 0.25) is 0 Å². The molecule has 0 radical (unpaired) electrons. The monoisotopic (exact) mass is 236 g/mol. The van der Waals surface area contributed by atoms with Gasteiger partial charge in [-0.2, -0.15) is 0 Å². The van der Waals surface area contributed by atoms with Gasteiger partial charge in [0.1, 0.15) is 18.5 Å². The number of carbonyl (C=O) groups is 1. The molecule has 1 aliphatic heterocycles. The van der Waals surface area contributed by atoms with Gasteiger partial charge in [0.15, 0.2) is 0 Å². The van der Waals surface area contributed by atoms with Crippen LogP contribution in [-0.2, 0) is 9.53 Å². The Kier molecular flexibility index (Phi) is 3.58. The van der Waals surface area contributed by atoms with Gasteiger partial charge in [0.05, 0.1) is 12.2 Å². The molecule has 0 bridgehead atoms. The molecule has 0 saturated carbocycles. The van der Waals surface area contributed by atoms with Gasteiger partial charge in [-0.15, -0.1) is 0 Å². The second-order valence-electron chi connectivity index (χ2n) is 4.06. The van der Waals surface area contributed by atoms with Crippen LogP contribution in [0.3, 0.4) is 0 Å². The largest absolute Gasteiger partial charge is 0.490 e. The van der Waals surface area contributed by atoms with Crippen molar-refractivity contribution in [1.29, 1.82) is 0 Å². The van der Waals surface area contributed by atoms with E-state index in [2.05, 4.69) is 4.98 Å². The highest BCUT2D eigenvalue weighted by atomic mass is 16.5. The van der Waals surface area contributed by atoms with E-state index in [1.165, 1.54) is 0 Å². The molecule has 1 unspecified atom stereocenters. The molecule has 1 aromatic rings. The second-order valence-corrected chi connectivity index (χ2v) is 4.06. The first-order valence-corrected chi connectivity index (χ1v) is 5.54. The lowest BCUT2D eigenvalue weighted by Crippen LogP contribution is -2.34. The van der Waals surface area contributed by atoms with Gasteiger partial charge >= 0.3 is 0 Å². The first-order chi connectivity index (χ1) is 8.22. The van der Waals surface area contributed by atoms with Gasteiger partial charge in [0.25, 0.3) is 5.91 Å². The van der Waals surface area contributed by atoms with Crippen molar-refractivity contribution in [2.75, 3.05) is 20.8 Å². The van der Waals surface area contributed by atoms with Crippen LogP contribution in [0.5, 0.6) is 5.75 Å². The number of nitrogens with zero attached hydrogens (tertiary/aromatic N) is 2. The smallest absolute Gasteiger partial charge is 0.251 e. The summed E-state index contributed by atoms with van der Waals surface area (Å²) in [6, 6.07) is 3.72. The lowest BCUT2D eigenvalue weighted by Gasteiger charge is -2.19. The third kappa shape index (κ3) is 2.55. The maximum absolute atomic E-state index is 11.7. The van der Waals surface area contributed by atoms with Gasteiger partial charge in [-0.25, -0.2) is 0 Å². The molecule has 0 aliphatic carbocycles. The summed E-state index contributed by atoms with van der Waals surface area (Å²) in [7, 11) is 3.33. The SMILES string of the molecule is CO[C@H]1CC(COc2cccnc2)N(C)C1=O. The molecule has 1 saturated heterocycles. The summed E-state index contributed by atoms with van der Waals surface area (Å²) in [5.74, 6) is 0.738. The van der Waals surface area contributed by atoms with Gasteiger partial charge in [0, 0.05) is 26.8 Å². The van der Waals surface area contributed by atoms with Crippen LogP contribution in [0.25, 0.3) is 0 Å². The molecule has 2 rings (SSSR count). The molecule has 1 aromatic heterocycles. The summed E-state index contributed by atoms with van der Waals surface area (Å²) < 4.78 is 10.7. The fourth-order valence-corrected chi connectivity index (χ4v) is 1.91. The maximum Gasteiger partial charge on any atom is 0.251 e. The first-order valence-electron chi connectivity index (χ1n) is 5.54. The first kappa shape index (κ1) is 11.9. The molecule has 1 amide bonds. The number of likely N-dealkylation sites (tertiary alicyclic amines) is 1. The van der Waals surface area contributed by atoms with Gasteiger partial charge in [-0.1, -0.05) is 0 Å². The number of pyridine rings is 1. The summed E-state index contributed by atoms with van der Waals surface area (Å²) in [5, 5.41) is 0. The average Bonchev–Trinajstić information content (AvgIpc) is 2.65. The Morgan fingerprint density at radius 1 is 1.59 bits per heavy atom. The van der Waals surface area contributed by atoms with E-state index in [4.69, 9.17) is 9.47 Å². The Balaban J connectivity index is 1.90. The number of rotatable bonds is 4. The predicted molar refractivity (Wildman–Crippen MR) is 61.7 cm³/mol. The van der Waals surface area contributed by atoms with E-state index in [1.807, 2.05) is 12.1 Å². The van der Waals surface area contributed by atoms with Gasteiger partial charge in [0.2, 0.25) is 0 Å². The molecule has 0 aromatic carbocycles. The number of methoxy groups -OCH3 is 1. The fraction of sp³-hybridized carbons (Fsp3) is 0.500. The summed E-state index contributed by atoms with van der Waals surface area (Å²) >= 11 is 0. The van der Waals surface area contributed by atoms with Gasteiger partial charge in [-0.05, 0) is 12.1 Å². The van der Waals surface area contributed by atoms with E-state index < -0.39 is 0 Å². The van der Waals surface area contributed by atoms with Crippen LogP contribution in [0.4, 0.5) is 0 Å². The summed E-state index contributed by atoms with van der Waals surface area (Å²) in [6.07, 6.45) is 3.69. The maximum atomic E-state index is 11.7. The van der Waals surface area contributed by atoms with Crippen LogP contribution in [0, 0.1) is 0 Å². The summed E-state index contributed by atoms with van der Waals surface area (Å²) in [6.45, 7) is 0.466. The van der Waals surface area contributed by atoms with Crippen molar-refractivity contribution in [3.63, 3.8) is 0 Å². The van der Waals surface area contributed by atoms with E-state index in [-0.39, 0.29) is 18.1 Å². The van der Waals surface area contributed by atoms with Crippen molar-refractivity contribution in [2.24, 2.45) is 0 Å². The standard InChI is InChI=1S/C12H16N2O3/c1-14-9(6-11(16-2)12(14)15)8-17-10-4-3-5-13-7-10/h3-5,7,9,11H,6,8H2,1-2H3/t9?,11-/m0/s1. The molecule has 5 nitrogen and oxygen atoms in total. The van der Waals surface area contributed by atoms with Gasteiger partial charge in [-0.3, -0.25) is 9.78 Å². The number of ether oxygens (including phenoxy) is 2. The molecular formula is C12H16N2O3. The Hall–Kier alpha value is -1.62. The minimum atomic E-state index is -0.331. The highest BCUT2D eigenvalue weighted by Crippen LogP contribution is 2.20. The zero-order chi connectivity index (χ0) is 12.3. The molecule has 1 aliphatic rings. The summed E-state index contributed by atoms with van der Waals surface area (Å²) in [5.41, 5.74) is 0. The molecule has 0 spiro atoms. The Labute approximate surface area is 100 Å². The lowest BCUT2D eigenvalue weighted by atomic mass is 10.2. The van der Waals surface area contributed by atoms with Crippen LogP contribution in [0.1, 0.15) is 6.42 Å². The normalized spacial score (nSPS) is 24.1. The van der Waals surface area contributed by atoms with E-state index >= 15 is 0 Å². The van der Waals surface area contributed by atoms with Crippen molar-refractivity contribution >= 4 is 5.91 Å². The summed E-state index contributed by atoms with van der Waals surface area (Å²) in [4.78, 5) is 17.3. The van der Waals surface area contributed by atoms with Crippen molar-refractivity contribution in [2.45, 2.75) is 18.6 Å². The van der Waals surface area contributed by atoms with Crippen molar-refractivity contribution in [1.82, 2.24) is 9.88 Å². The van der Waals surface area contributed by atoms with E-state index in [9.17, 15) is 4.79 Å². The Morgan fingerprint density at radius 2 is 2.41 bits per heavy atom. The molecule has 0 N–H and O–H groups in total. The highest BCUT2D eigenvalue weighted by Gasteiger charge is 2.37. The minimum Gasteiger partial charge on any atom is -0.490 e. The third-order valence-corrected chi connectivity index (χ3v) is 3.02. The van der Waals surface area contributed by atoms with E-state index in [0.29, 0.717) is 18.8 Å². The molecule has 5 heteroatoms. The number of hydrogen-bond donors (Lipinski definition) is 0. The number of hydrogen-bond acceptors (Lipinski definition) is 4. The minimum absolute atomic E-state index is 0.0206. The van der Waals surface area contributed by atoms with Crippen molar-refractivity contribution in [3.8, 4) is 5.75 Å². The quantitative estimate of drug-likeness (QED) is 0.772. The Bertz CT molecular complexity index is 383. The predicted octanol–water partition coefficient (Wildman–Crippen LogP) is 0.706. The van der Waals surface area contributed by atoms with Crippen molar-refractivity contribution in [3.05, 3.63) is 24.5 Å². The zero-order valence-corrected chi connectivity index (χ0v) is 10.00. The second kappa shape index (κ2) is 5.14. The molecule has 92 valence electrons. The zero-order valence-electron chi connectivity index (χ0n) is 10.00. The molecule has 17 heavy (non-hydrogen) atoms. The van der Waals surface area contributed by atoms with Crippen LogP contribution in [0.15, 0.2) is 24.5 Å². The van der Waals surface area contributed by atoms with Crippen LogP contribution in [-0.4, -0.2) is 48.7 Å². The molecule has 2 atom stereocenters. The topological polar surface area (TPSA) is 51.7 Å². The Morgan fingerprint density at radius 3 is 3.00 bits per heavy atom. The van der Waals surface area contributed by atoms with Gasteiger partial charge < -0.3 is 14.4 Å². The van der Waals surface area contributed by atoms with E-state index in [0.717, 1.165) is 0 Å². The van der Waals surface area contributed by atoms with Crippen LogP contribution < -0.4 is 4.74 Å². The molecular weight excluding hydrogens is 220 g/mol. The number of likely N-dealkylation sites (N-methyl/N-ethyl adjacent to an activating group) is 1. The number of aromatic nitrogens is 1. The third-order valence-electron chi connectivity index (χ3n) is 3.02. The highest BCUT2D eigenvalue weighted by molar-refractivity contribution is 5.83. The number of amides is 1. The molecule has 2 heterocycles. The van der Waals surface area contributed by atoms with Crippen LogP contribution >= 0.6 is 0 Å². The fourth-order valence-electron chi connectivity index (χ4n) is 1.91. The van der Waals surface area contributed by atoms with Crippen molar-refractivity contribution < 1.29 is 14.3 Å².